The highest BCUT2D eigenvalue weighted by Gasteiger charge is 2.23. The Morgan fingerprint density at radius 2 is 1.89 bits per heavy atom. The molecule has 98 valence electrons. The molecule has 0 unspecified atom stereocenters. The van der Waals surface area contributed by atoms with Crippen LogP contribution in [0.3, 0.4) is 0 Å². The third-order valence-electron chi connectivity index (χ3n) is 2.47. The van der Waals surface area contributed by atoms with Gasteiger partial charge in [-0.3, -0.25) is 0 Å². The first kappa shape index (κ1) is 14.4. The summed E-state index contributed by atoms with van der Waals surface area (Å²) in [5, 5.41) is 0. The highest BCUT2D eigenvalue weighted by molar-refractivity contribution is 5.90. The average molecular weight is 254 g/mol. The minimum absolute atomic E-state index is 0.0461. The highest BCUT2D eigenvalue weighted by Crippen LogP contribution is 2.27. The molecule has 0 aliphatic heterocycles. The van der Waals surface area contributed by atoms with E-state index in [4.69, 9.17) is 4.74 Å². The lowest BCUT2D eigenvalue weighted by Crippen LogP contribution is -2.06. The average Bonchev–Trinajstić information content (AvgIpc) is 2.28. The van der Waals surface area contributed by atoms with Gasteiger partial charge in [-0.15, -0.1) is 0 Å². The number of hydrogen-bond acceptors (Lipinski definition) is 2. The normalized spacial score (nSPS) is 12.4. The van der Waals surface area contributed by atoms with Crippen LogP contribution in [-0.2, 0) is 15.5 Å². The van der Waals surface area contributed by atoms with Crippen LogP contribution in [0.5, 0.6) is 0 Å². The van der Waals surface area contributed by atoms with E-state index < -0.39 is 11.9 Å². The second kappa shape index (κ2) is 5.76. The maximum Gasteiger partial charge on any atom is 0.331 e. The summed E-state index contributed by atoms with van der Waals surface area (Å²) >= 11 is 0. The van der Waals surface area contributed by atoms with Crippen LogP contribution in [-0.4, -0.2) is 12.6 Å². The first-order valence-electron chi connectivity index (χ1n) is 5.68. The van der Waals surface area contributed by atoms with Crippen molar-refractivity contribution in [2.24, 2.45) is 0 Å². The summed E-state index contributed by atoms with van der Waals surface area (Å²) in [6.45, 7) is 4.61. The van der Waals surface area contributed by atoms with Crippen molar-refractivity contribution in [1.29, 1.82) is 0 Å². The molecule has 1 aromatic carbocycles. The summed E-state index contributed by atoms with van der Waals surface area (Å²) < 4.78 is 30.8. The number of benzene rings is 1. The van der Waals surface area contributed by atoms with Crippen molar-refractivity contribution in [3.8, 4) is 0 Å². The summed E-state index contributed by atoms with van der Waals surface area (Å²) in [6, 6.07) is 5.85. The molecule has 0 spiro atoms. The van der Waals surface area contributed by atoms with Gasteiger partial charge in [-0.25, -0.2) is 13.6 Å². The third kappa shape index (κ3) is 3.95. The van der Waals surface area contributed by atoms with Crippen molar-refractivity contribution < 1.29 is 18.3 Å². The largest absolute Gasteiger partial charge is 0.463 e. The molecule has 18 heavy (non-hydrogen) atoms. The van der Waals surface area contributed by atoms with Gasteiger partial charge in [-0.1, -0.05) is 24.3 Å². The van der Waals surface area contributed by atoms with Gasteiger partial charge in [0.1, 0.15) is 0 Å². The van der Waals surface area contributed by atoms with E-state index in [1.165, 1.54) is 18.2 Å². The number of carbonyl (C=O) groups excluding carboxylic acids is 1. The Labute approximate surface area is 105 Å². The summed E-state index contributed by atoms with van der Waals surface area (Å²) in [4.78, 5) is 11.2. The predicted molar refractivity (Wildman–Crippen MR) is 66.3 cm³/mol. The maximum absolute atomic E-state index is 13.0. The van der Waals surface area contributed by atoms with E-state index in [1.807, 2.05) is 0 Å². The molecule has 1 rings (SSSR count). The van der Waals surface area contributed by atoms with Gasteiger partial charge >= 0.3 is 5.97 Å². The molecule has 0 heterocycles. The van der Waals surface area contributed by atoms with Gasteiger partial charge in [-0.05, 0) is 25.0 Å². The van der Waals surface area contributed by atoms with E-state index in [2.05, 4.69) is 0 Å². The molecule has 0 aromatic heterocycles. The summed E-state index contributed by atoms with van der Waals surface area (Å²) in [5.41, 5.74) is 1.35. The fourth-order valence-corrected chi connectivity index (χ4v) is 1.47. The number of alkyl halides is 2. The van der Waals surface area contributed by atoms with Gasteiger partial charge in [0.25, 0.3) is 5.92 Å². The van der Waals surface area contributed by atoms with Crippen LogP contribution in [0.1, 0.15) is 31.9 Å². The number of allylic oxidation sites excluding steroid dienone is 1. The van der Waals surface area contributed by atoms with Crippen LogP contribution in [0.2, 0.25) is 0 Å². The Morgan fingerprint density at radius 1 is 1.33 bits per heavy atom. The van der Waals surface area contributed by atoms with Gasteiger partial charge in [0.2, 0.25) is 0 Å². The zero-order valence-electron chi connectivity index (χ0n) is 10.7. The minimum atomic E-state index is -2.85. The zero-order chi connectivity index (χ0) is 13.8. The van der Waals surface area contributed by atoms with Gasteiger partial charge in [0.05, 0.1) is 6.61 Å². The van der Waals surface area contributed by atoms with Crippen LogP contribution in [0, 0.1) is 0 Å². The molecule has 1 aromatic rings. The zero-order valence-corrected chi connectivity index (χ0v) is 10.7. The molecule has 0 aliphatic carbocycles. The van der Waals surface area contributed by atoms with E-state index in [-0.39, 0.29) is 5.56 Å². The molecule has 0 bridgehead atoms. The Bertz CT molecular complexity index is 442. The molecule has 0 amide bonds. The van der Waals surface area contributed by atoms with Crippen molar-refractivity contribution in [1.82, 2.24) is 0 Å². The van der Waals surface area contributed by atoms with Crippen molar-refractivity contribution in [2.45, 2.75) is 26.7 Å². The lowest BCUT2D eigenvalue weighted by atomic mass is 10.0. The highest BCUT2D eigenvalue weighted by atomic mass is 19.3. The fourth-order valence-electron chi connectivity index (χ4n) is 1.47. The Balaban J connectivity index is 2.89. The second-order valence-electron chi connectivity index (χ2n) is 4.05. The van der Waals surface area contributed by atoms with Gasteiger partial charge in [0, 0.05) is 18.6 Å². The number of carbonyl (C=O) groups is 1. The number of halogens is 2. The smallest absolute Gasteiger partial charge is 0.331 e. The molecule has 0 aliphatic rings. The van der Waals surface area contributed by atoms with E-state index in [0.717, 1.165) is 12.5 Å². The van der Waals surface area contributed by atoms with Crippen molar-refractivity contribution in [3.05, 3.63) is 41.5 Å². The predicted octanol–water partition coefficient (Wildman–Crippen LogP) is 3.76. The number of rotatable bonds is 4. The quantitative estimate of drug-likeness (QED) is 0.604. The molecule has 0 N–H and O–H groups in total. The van der Waals surface area contributed by atoms with Gasteiger partial charge in [0.15, 0.2) is 0 Å². The Morgan fingerprint density at radius 3 is 2.33 bits per heavy atom. The van der Waals surface area contributed by atoms with Crippen molar-refractivity contribution in [3.63, 3.8) is 0 Å². The van der Waals surface area contributed by atoms with Gasteiger partial charge < -0.3 is 4.74 Å². The van der Waals surface area contributed by atoms with E-state index in [0.29, 0.717) is 12.2 Å². The van der Waals surface area contributed by atoms with Crippen LogP contribution < -0.4 is 0 Å². The molecule has 0 fully saturated rings. The first-order valence-corrected chi connectivity index (χ1v) is 5.68. The molecular weight excluding hydrogens is 238 g/mol. The van der Waals surface area contributed by atoms with Crippen LogP contribution in [0.25, 0.3) is 5.57 Å². The molecule has 0 saturated carbocycles. The van der Waals surface area contributed by atoms with E-state index in [1.54, 1.807) is 26.0 Å². The lowest BCUT2D eigenvalue weighted by Gasteiger charge is -2.11. The SMILES string of the molecule is CCOC(=O)/C=C(\C)c1ccc(C(C)(F)F)cc1. The maximum atomic E-state index is 13.0. The summed E-state index contributed by atoms with van der Waals surface area (Å²) in [6.07, 6.45) is 1.35. The van der Waals surface area contributed by atoms with Crippen molar-refractivity contribution in [2.75, 3.05) is 6.61 Å². The molecule has 0 radical (unpaired) electrons. The summed E-state index contributed by atoms with van der Waals surface area (Å²) in [7, 11) is 0. The topological polar surface area (TPSA) is 26.3 Å². The standard InChI is InChI=1S/C14H16F2O2/c1-4-18-13(17)9-10(2)11-5-7-12(8-6-11)14(3,15)16/h5-9H,4H2,1-3H3/b10-9+. The minimum Gasteiger partial charge on any atom is -0.463 e. The van der Waals surface area contributed by atoms with E-state index in [9.17, 15) is 13.6 Å². The molecule has 0 atom stereocenters. The summed E-state index contributed by atoms with van der Waals surface area (Å²) in [5.74, 6) is -3.28. The van der Waals surface area contributed by atoms with E-state index >= 15 is 0 Å². The lowest BCUT2D eigenvalue weighted by molar-refractivity contribution is -0.137. The molecular formula is C14H16F2O2. The third-order valence-corrected chi connectivity index (χ3v) is 2.47. The first-order chi connectivity index (χ1) is 8.34. The van der Waals surface area contributed by atoms with Crippen LogP contribution in [0.15, 0.2) is 30.3 Å². The molecule has 2 nitrogen and oxygen atoms in total. The van der Waals surface area contributed by atoms with Crippen LogP contribution in [0.4, 0.5) is 8.78 Å². The Kier molecular flexibility index (Phi) is 4.59. The number of ether oxygens (including phenoxy) is 1. The molecule has 4 heteroatoms. The van der Waals surface area contributed by atoms with Gasteiger partial charge in [-0.2, -0.15) is 0 Å². The number of hydrogen-bond donors (Lipinski definition) is 0. The van der Waals surface area contributed by atoms with Crippen LogP contribution >= 0.6 is 0 Å². The Hall–Kier alpha value is -1.71. The van der Waals surface area contributed by atoms with Crippen molar-refractivity contribution >= 4 is 11.5 Å². The fraction of sp³-hybridized carbons (Fsp3) is 0.357. The number of esters is 1. The monoisotopic (exact) mass is 254 g/mol. The molecule has 0 saturated heterocycles. The second-order valence-corrected chi connectivity index (χ2v) is 4.05.